The zero-order valence-electron chi connectivity index (χ0n) is 14.0. The van der Waals surface area contributed by atoms with Gasteiger partial charge in [-0.05, 0) is 61.0 Å². The minimum atomic E-state index is 0. The van der Waals surface area contributed by atoms with E-state index in [2.05, 4.69) is 26.6 Å². The lowest BCUT2D eigenvalue weighted by Gasteiger charge is -2.31. The van der Waals surface area contributed by atoms with E-state index in [0.717, 1.165) is 34.6 Å². The van der Waals surface area contributed by atoms with E-state index in [9.17, 15) is 4.79 Å². The third-order valence-corrected chi connectivity index (χ3v) is 4.90. The van der Waals surface area contributed by atoms with Crippen LogP contribution in [-0.4, -0.2) is 19.0 Å². The number of benzene rings is 2. The van der Waals surface area contributed by atoms with Crippen LogP contribution in [0.1, 0.15) is 12.5 Å². The second-order valence-corrected chi connectivity index (χ2v) is 7.05. The van der Waals surface area contributed by atoms with Crippen LogP contribution in [0.2, 0.25) is 0 Å². The third kappa shape index (κ3) is 5.46. The number of carbonyl (C=O) groups excluding carboxylic acids is 1. The summed E-state index contributed by atoms with van der Waals surface area (Å²) in [5.74, 6) is 1.40. The van der Waals surface area contributed by atoms with E-state index in [-0.39, 0.29) is 24.2 Å². The highest BCUT2D eigenvalue weighted by molar-refractivity contribution is 9.10. The third-order valence-electron chi connectivity index (χ3n) is 4.37. The molecule has 0 radical (unpaired) electrons. The number of ether oxygens (including phenoxy) is 1. The molecule has 0 aromatic heterocycles. The molecule has 25 heavy (non-hydrogen) atoms. The van der Waals surface area contributed by atoms with Gasteiger partial charge in [0.2, 0.25) is 5.91 Å². The van der Waals surface area contributed by atoms with E-state index in [4.69, 9.17) is 4.74 Å². The summed E-state index contributed by atoms with van der Waals surface area (Å²) < 4.78 is 6.77. The van der Waals surface area contributed by atoms with Crippen molar-refractivity contribution in [1.82, 2.24) is 5.32 Å². The zero-order chi connectivity index (χ0) is 16.9. The number of rotatable bonds is 6. The van der Waals surface area contributed by atoms with Crippen molar-refractivity contribution >= 4 is 39.9 Å². The zero-order valence-corrected chi connectivity index (χ0v) is 16.4. The van der Waals surface area contributed by atoms with Crippen molar-refractivity contribution in [2.75, 3.05) is 18.4 Å². The highest BCUT2D eigenvalue weighted by atomic mass is 79.9. The average Bonchev–Trinajstić information content (AvgIpc) is 2.54. The van der Waals surface area contributed by atoms with Crippen molar-refractivity contribution in [3.05, 3.63) is 58.6 Å². The summed E-state index contributed by atoms with van der Waals surface area (Å²) in [7, 11) is 0. The molecule has 1 fully saturated rings. The van der Waals surface area contributed by atoms with Crippen LogP contribution in [0.15, 0.2) is 53.0 Å². The number of hydrogen-bond donors (Lipinski definition) is 2. The molecule has 1 saturated heterocycles. The maximum atomic E-state index is 12.2. The number of anilines is 1. The van der Waals surface area contributed by atoms with Gasteiger partial charge in [0, 0.05) is 16.1 Å². The van der Waals surface area contributed by atoms with Crippen LogP contribution >= 0.6 is 28.3 Å². The van der Waals surface area contributed by atoms with Crippen molar-refractivity contribution in [3.8, 4) is 5.75 Å². The molecule has 2 aromatic carbocycles. The minimum Gasteiger partial charge on any atom is -0.489 e. The Labute approximate surface area is 162 Å². The molecule has 6 heteroatoms. The highest BCUT2D eigenvalue weighted by Gasteiger charge is 2.28. The van der Waals surface area contributed by atoms with Crippen LogP contribution in [0.5, 0.6) is 5.75 Å². The number of hydrogen-bond acceptors (Lipinski definition) is 3. The Hall–Kier alpha value is -1.56. The Kier molecular flexibility index (Phi) is 7.29. The molecule has 1 unspecified atom stereocenters. The SMILES string of the molecule is CC(C(=O)Nc1ccc(COc2ccc(Br)cc2)cc1)C1CNC1.Cl. The number of halogens is 2. The lowest BCUT2D eigenvalue weighted by atomic mass is 9.88. The van der Waals surface area contributed by atoms with Crippen LogP contribution in [0.4, 0.5) is 5.69 Å². The average molecular weight is 426 g/mol. The van der Waals surface area contributed by atoms with Gasteiger partial charge >= 0.3 is 0 Å². The predicted octanol–water partition coefficient (Wildman–Crippen LogP) is 4.24. The van der Waals surface area contributed by atoms with E-state index in [0.29, 0.717) is 12.5 Å². The smallest absolute Gasteiger partial charge is 0.227 e. The number of amides is 1. The lowest BCUT2D eigenvalue weighted by Crippen LogP contribution is -2.48. The van der Waals surface area contributed by atoms with Crippen LogP contribution in [0.25, 0.3) is 0 Å². The summed E-state index contributed by atoms with van der Waals surface area (Å²) in [5, 5.41) is 6.19. The molecule has 3 rings (SSSR count). The van der Waals surface area contributed by atoms with Crippen LogP contribution in [0.3, 0.4) is 0 Å². The Balaban J connectivity index is 0.00000225. The maximum absolute atomic E-state index is 12.2. The van der Waals surface area contributed by atoms with E-state index >= 15 is 0 Å². The van der Waals surface area contributed by atoms with Crippen molar-refractivity contribution < 1.29 is 9.53 Å². The molecule has 1 heterocycles. The second kappa shape index (κ2) is 9.22. The summed E-state index contributed by atoms with van der Waals surface area (Å²) in [6.07, 6.45) is 0. The van der Waals surface area contributed by atoms with E-state index in [1.807, 2.05) is 55.5 Å². The lowest BCUT2D eigenvalue weighted by molar-refractivity contribution is -0.121. The first-order valence-corrected chi connectivity index (χ1v) is 8.90. The van der Waals surface area contributed by atoms with E-state index < -0.39 is 0 Å². The quantitative estimate of drug-likeness (QED) is 0.727. The summed E-state index contributed by atoms with van der Waals surface area (Å²) in [6, 6.07) is 15.5. The first-order valence-electron chi connectivity index (χ1n) is 8.11. The fourth-order valence-electron chi connectivity index (χ4n) is 2.52. The molecule has 2 aromatic rings. The summed E-state index contributed by atoms with van der Waals surface area (Å²) >= 11 is 3.40. The molecule has 0 aliphatic carbocycles. The van der Waals surface area contributed by atoms with Gasteiger partial charge in [-0.15, -0.1) is 12.4 Å². The number of carbonyl (C=O) groups is 1. The second-order valence-electron chi connectivity index (χ2n) is 6.14. The number of nitrogens with one attached hydrogen (secondary N) is 2. The molecule has 4 nitrogen and oxygen atoms in total. The minimum absolute atomic E-state index is 0. The van der Waals surface area contributed by atoms with E-state index in [1.54, 1.807) is 0 Å². The Morgan fingerprint density at radius 1 is 1.20 bits per heavy atom. The van der Waals surface area contributed by atoms with Crippen molar-refractivity contribution in [3.63, 3.8) is 0 Å². The first kappa shape index (κ1) is 19.8. The van der Waals surface area contributed by atoms with Gasteiger partial charge in [0.15, 0.2) is 0 Å². The Bertz CT molecular complexity index is 688. The van der Waals surface area contributed by atoms with E-state index in [1.165, 1.54) is 0 Å². The van der Waals surface area contributed by atoms with Gasteiger partial charge in [-0.3, -0.25) is 4.79 Å². The fourth-order valence-corrected chi connectivity index (χ4v) is 2.78. The van der Waals surface area contributed by atoms with Gasteiger partial charge in [0.1, 0.15) is 12.4 Å². The highest BCUT2D eigenvalue weighted by Crippen LogP contribution is 2.20. The maximum Gasteiger partial charge on any atom is 0.227 e. The monoisotopic (exact) mass is 424 g/mol. The fraction of sp³-hybridized carbons (Fsp3) is 0.316. The molecular weight excluding hydrogens is 404 g/mol. The van der Waals surface area contributed by atoms with Gasteiger partial charge in [0.25, 0.3) is 0 Å². The van der Waals surface area contributed by atoms with Crippen molar-refractivity contribution in [1.29, 1.82) is 0 Å². The molecule has 1 aliphatic heterocycles. The molecule has 134 valence electrons. The Morgan fingerprint density at radius 2 is 1.84 bits per heavy atom. The van der Waals surface area contributed by atoms with Crippen LogP contribution in [0, 0.1) is 11.8 Å². The van der Waals surface area contributed by atoms with Gasteiger partial charge < -0.3 is 15.4 Å². The molecule has 0 bridgehead atoms. The molecule has 1 aliphatic rings. The van der Waals surface area contributed by atoms with Crippen molar-refractivity contribution in [2.24, 2.45) is 11.8 Å². The topological polar surface area (TPSA) is 50.4 Å². The van der Waals surface area contributed by atoms with Gasteiger partial charge in [-0.1, -0.05) is 35.0 Å². The van der Waals surface area contributed by atoms with Crippen molar-refractivity contribution in [2.45, 2.75) is 13.5 Å². The van der Waals surface area contributed by atoms with Gasteiger partial charge in [-0.25, -0.2) is 0 Å². The first-order chi connectivity index (χ1) is 11.6. The largest absolute Gasteiger partial charge is 0.489 e. The molecule has 0 saturated carbocycles. The molecule has 0 spiro atoms. The molecule has 2 N–H and O–H groups in total. The normalized spacial score (nSPS) is 14.8. The molecule has 1 atom stereocenters. The predicted molar refractivity (Wildman–Crippen MR) is 106 cm³/mol. The Morgan fingerprint density at radius 3 is 2.40 bits per heavy atom. The van der Waals surface area contributed by atoms with Crippen LogP contribution < -0.4 is 15.4 Å². The molecular formula is C19H22BrClN2O2. The summed E-state index contributed by atoms with van der Waals surface area (Å²) in [6.45, 7) is 4.35. The van der Waals surface area contributed by atoms with Gasteiger partial charge in [-0.2, -0.15) is 0 Å². The standard InChI is InChI=1S/C19H21BrN2O2.ClH/c1-13(15-10-21-11-15)19(23)22-17-6-2-14(3-7-17)12-24-18-8-4-16(20)5-9-18;/h2-9,13,15,21H,10-12H2,1H3,(H,22,23);1H. The van der Waals surface area contributed by atoms with Gasteiger partial charge in [0.05, 0.1) is 0 Å². The summed E-state index contributed by atoms with van der Waals surface area (Å²) in [5.41, 5.74) is 1.89. The molecule has 1 amide bonds. The summed E-state index contributed by atoms with van der Waals surface area (Å²) in [4.78, 5) is 12.2. The van der Waals surface area contributed by atoms with Crippen LogP contribution in [-0.2, 0) is 11.4 Å².